The molecule has 1 heterocycles. The Morgan fingerprint density at radius 1 is 1.25 bits per heavy atom. The highest BCUT2D eigenvalue weighted by atomic mass is 32.2. The van der Waals surface area contributed by atoms with Crippen LogP contribution in [0.4, 0.5) is 0 Å². The van der Waals surface area contributed by atoms with Crippen LogP contribution in [0, 0.1) is 0 Å². The Labute approximate surface area is 93.4 Å². The summed E-state index contributed by atoms with van der Waals surface area (Å²) in [5, 5.41) is 0. The maximum absolute atomic E-state index is 10.8. The topological polar surface area (TPSA) is 61.8 Å². The summed E-state index contributed by atoms with van der Waals surface area (Å²) >= 11 is 0. The third-order valence-corrected chi connectivity index (χ3v) is 2.37. The number of fused-ring (bicyclic) bond motifs is 1. The molecule has 1 aromatic rings. The highest BCUT2D eigenvalue weighted by molar-refractivity contribution is 7.85. The van der Waals surface area contributed by atoms with Gasteiger partial charge in [-0.2, -0.15) is 8.42 Å². The van der Waals surface area contributed by atoms with E-state index in [1.165, 1.54) is 6.26 Å². The van der Waals surface area contributed by atoms with E-state index in [4.69, 9.17) is 9.47 Å². The maximum Gasteiger partial charge on any atom is 0.264 e. The molecule has 6 heteroatoms. The number of ether oxygens (including phenoxy) is 2. The van der Waals surface area contributed by atoms with Gasteiger partial charge in [0.25, 0.3) is 10.1 Å². The average molecular weight is 242 g/mol. The Kier molecular flexibility index (Phi) is 2.84. The van der Waals surface area contributed by atoms with Gasteiger partial charge in [0.2, 0.25) is 0 Å². The third-order valence-electron chi connectivity index (χ3n) is 1.82. The molecule has 0 aliphatic carbocycles. The van der Waals surface area contributed by atoms with E-state index >= 15 is 0 Å². The van der Waals surface area contributed by atoms with Gasteiger partial charge in [0.05, 0.1) is 6.26 Å². The van der Waals surface area contributed by atoms with Crippen LogP contribution in [-0.4, -0.2) is 21.3 Å². The zero-order valence-corrected chi connectivity index (χ0v) is 9.36. The van der Waals surface area contributed by atoms with Gasteiger partial charge in [-0.15, -0.1) is 0 Å². The molecule has 1 aromatic carbocycles. The summed E-state index contributed by atoms with van der Waals surface area (Å²) in [5.74, 6) is 1.44. The molecule has 86 valence electrons. The average Bonchev–Trinajstić information content (AvgIpc) is 2.25. The van der Waals surface area contributed by atoms with Crippen molar-refractivity contribution in [3.05, 3.63) is 36.3 Å². The molecule has 0 N–H and O–H groups in total. The second-order valence-electron chi connectivity index (χ2n) is 3.22. The number of rotatable bonds is 3. The van der Waals surface area contributed by atoms with Crippen LogP contribution in [0.25, 0.3) is 0 Å². The molecule has 0 fully saturated rings. The minimum absolute atomic E-state index is 0.173. The van der Waals surface area contributed by atoms with Gasteiger partial charge in [-0.25, -0.2) is 0 Å². The van der Waals surface area contributed by atoms with Gasteiger partial charge in [-0.1, -0.05) is 12.1 Å². The molecule has 0 radical (unpaired) electrons. The summed E-state index contributed by atoms with van der Waals surface area (Å²) in [6.07, 6.45) is 2.30. The molecule has 1 aliphatic heterocycles. The lowest BCUT2D eigenvalue weighted by Gasteiger charge is -2.17. The van der Waals surface area contributed by atoms with Crippen LogP contribution >= 0.6 is 0 Å². The number of para-hydroxylation sites is 2. The predicted molar refractivity (Wildman–Crippen MR) is 56.6 cm³/mol. The quantitative estimate of drug-likeness (QED) is 0.747. The van der Waals surface area contributed by atoms with Crippen molar-refractivity contribution in [2.75, 3.05) is 12.9 Å². The molecule has 0 aromatic heterocycles. The molecule has 0 unspecified atom stereocenters. The molecule has 0 saturated heterocycles. The first-order valence-corrected chi connectivity index (χ1v) is 6.33. The van der Waals surface area contributed by atoms with Crippen LogP contribution < -0.4 is 9.47 Å². The Balaban J connectivity index is 2.04. The van der Waals surface area contributed by atoms with Gasteiger partial charge in [0.15, 0.2) is 17.3 Å². The molecule has 0 atom stereocenters. The number of hydrogen-bond donors (Lipinski definition) is 0. The Hall–Kier alpha value is -1.53. The van der Waals surface area contributed by atoms with E-state index in [1.807, 2.05) is 6.07 Å². The van der Waals surface area contributed by atoms with Gasteiger partial charge >= 0.3 is 0 Å². The molecule has 16 heavy (non-hydrogen) atoms. The number of hydrogen-bond acceptors (Lipinski definition) is 5. The lowest BCUT2D eigenvalue weighted by molar-refractivity contribution is 0.251. The first-order chi connectivity index (χ1) is 7.54. The lowest BCUT2D eigenvalue weighted by atomic mass is 10.3. The summed E-state index contributed by atoms with van der Waals surface area (Å²) in [4.78, 5) is 0. The summed E-state index contributed by atoms with van der Waals surface area (Å²) in [6, 6.07) is 7.08. The largest absolute Gasteiger partial charge is 0.457 e. The normalized spacial score (nSPS) is 14.4. The molecular weight excluding hydrogens is 232 g/mol. The van der Waals surface area contributed by atoms with Crippen molar-refractivity contribution < 1.29 is 22.1 Å². The summed E-state index contributed by atoms with van der Waals surface area (Å²) < 4.78 is 36.7. The lowest BCUT2D eigenvalue weighted by Crippen LogP contribution is -2.13. The van der Waals surface area contributed by atoms with Crippen LogP contribution in [-0.2, 0) is 14.3 Å². The molecular formula is C10H10O5S. The third kappa shape index (κ3) is 2.74. The molecule has 0 amide bonds. The minimum atomic E-state index is -3.48. The smallest absolute Gasteiger partial charge is 0.264 e. The van der Waals surface area contributed by atoms with E-state index in [1.54, 1.807) is 18.2 Å². The minimum Gasteiger partial charge on any atom is -0.457 e. The fourth-order valence-electron chi connectivity index (χ4n) is 1.15. The molecule has 1 aliphatic rings. The van der Waals surface area contributed by atoms with Crippen molar-refractivity contribution in [3.8, 4) is 11.5 Å². The van der Waals surface area contributed by atoms with Gasteiger partial charge < -0.3 is 9.47 Å². The first-order valence-electron chi connectivity index (χ1n) is 4.51. The zero-order valence-electron chi connectivity index (χ0n) is 8.54. The molecule has 0 saturated carbocycles. The summed E-state index contributed by atoms with van der Waals surface area (Å²) in [5.41, 5.74) is 0. The Morgan fingerprint density at radius 2 is 1.94 bits per heavy atom. The molecule has 5 nitrogen and oxygen atoms in total. The summed E-state index contributed by atoms with van der Waals surface area (Å²) in [7, 11) is -3.48. The van der Waals surface area contributed by atoms with E-state index in [9.17, 15) is 8.42 Å². The maximum atomic E-state index is 10.8. The summed E-state index contributed by atoms with van der Waals surface area (Å²) in [6.45, 7) is -0.173. The Bertz CT molecular complexity index is 518. The van der Waals surface area contributed by atoms with Gasteiger partial charge in [-0.3, -0.25) is 4.18 Å². The first kappa shape index (κ1) is 11.0. The van der Waals surface area contributed by atoms with Crippen LogP contribution in [0.1, 0.15) is 0 Å². The van der Waals surface area contributed by atoms with Crippen molar-refractivity contribution >= 4 is 10.1 Å². The van der Waals surface area contributed by atoms with Crippen molar-refractivity contribution in [2.24, 2.45) is 0 Å². The van der Waals surface area contributed by atoms with E-state index in [0.717, 1.165) is 6.26 Å². The van der Waals surface area contributed by atoms with Crippen molar-refractivity contribution in [1.29, 1.82) is 0 Å². The SMILES string of the molecule is CS(=O)(=O)OCC1=COc2ccccc2O1. The Morgan fingerprint density at radius 3 is 2.62 bits per heavy atom. The fourth-order valence-corrected chi connectivity index (χ4v) is 1.49. The molecule has 0 bridgehead atoms. The highest BCUT2D eigenvalue weighted by Crippen LogP contribution is 2.31. The second-order valence-corrected chi connectivity index (χ2v) is 4.86. The monoisotopic (exact) mass is 242 g/mol. The van der Waals surface area contributed by atoms with Crippen LogP contribution in [0.15, 0.2) is 36.3 Å². The van der Waals surface area contributed by atoms with Crippen LogP contribution in [0.2, 0.25) is 0 Å². The van der Waals surface area contributed by atoms with Gasteiger partial charge in [-0.05, 0) is 12.1 Å². The van der Waals surface area contributed by atoms with E-state index in [2.05, 4.69) is 4.18 Å². The second kappa shape index (κ2) is 4.15. The van der Waals surface area contributed by atoms with E-state index in [-0.39, 0.29) is 6.61 Å². The van der Waals surface area contributed by atoms with Crippen molar-refractivity contribution in [3.63, 3.8) is 0 Å². The molecule has 2 rings (SSSR count). The van der Waals surface area contributed by atoms with Gasteiger partial charge in [0, 0.05) is 0 Å². The van der Waals surface area contributed by atoms with Crippen LogP contribution in [0.5, 0.6) is 11.5 Å². The molecule has 0 spiro atoms. The standard InChI is InChI=1S/C10H10O5S/c1-16(11,12)14-7-8-6-13-9-4-2-3-5-10(9)15-8/h2-6H,7H2,1H3. The number of benzene rings is 1. The van der Waals surface area contributed by atoms with Gasteiger partial charge in [0.1, 0.15) is 12.9 Å². The predicted octanol–water partition coefficient (Wildman–Crippen LogP) is 1.28. The highest BCUT2D eigenvalue weighted by Gasteiger charge is 2.15. The van der Waals surface area contributed by atoms with E-state index < -0.39 is 10.1 Å². The van der Waals surface area contributed by atoms with Crippen LogP contribution in [0.3, 0.4) is 0 Å². The van der Waals surface area contributed by atoms with Crippen molar-refractivity contribution in [2.45, 2.75) is 0 Å². The zero-order chi connectivity index (χ0) is 11.6. The van der Waals surface area contributed by atoms with Crippen molar-refractivity contribution in [1.82, 2.24) is 0 Å². The van der Waals surface area contributed by atoms with E-state index in [0.29, 0.717) is 17.3 Å². The fraction of sp³-hybridized carbons (Fsp3) is 0.200.